The number of carbonyl (C=O) groups excluding carboxylic acids is 1. The van der Waals surface area contributed by atoms with Crippen LogP contribution >= 0.6 is 43.5 Å². The minimum absolute atomic E-state index is 0.0365. The highest BCUT2D eigenvalue weighted by Crippen LogP contribution is 2.38. The van der Waals surface area contributed by atoms with Gasteiger partial charge in [0, 0.05) is 9.86 Å². The summed E-state index contributed by atoms with van der Waals surface area (Å²) in [6, 6.07) is 5.37. The monoisotopic (exact) mass is 437 g/mol. The molecule has 0 atom stereocenters. The van der Waals surface area contributed by atoms with Crippen LogP contribution in [0.5, 0.6) is 5.75 Å². The van der Waals surface area contributed by atoms with E-state index in [1.165, 1.54) is 0 Å². The Morgan fingerprint density at radius 2 is 2.14 bits per heavy atom. The van der Waals surface area contributed by atoms with Gasteiger partial charge in [-0.05, 0) is 34.1 Å². The molecule has 0 saturated heterocycles. The van der Waals surface area contributed by atoms with Crippen LogP contribution in [0.4, 0.5) is 0 Å². The number of ether oxygens (including phenoxy) is 1. The lowest BCUT2D eigenvalue weighted by Crippen LogP contribution is -2.27. The van der Waals surface area contributed by atoms with Gasteiger partial charge in [0.2, 0.25) is 0 Å². The number of hydrazine groups is 1. The van der Waals surface area contributed by atoms with E-state index >= 15 is 0 Å². The first-order valence-corrected chi connectivity index (χ1v) is 7.71. The van der Waals surface area contributed by atoms with E-state index in [1.54, 1.807) is 6.07 Å². The Morgan fingerprint density at radius 1 is 1.38 bits per heavy atom. The molecule has 0 saturated carbocycles. The van der Waals surface area contributed by atoms with Crippen LogP contribution in [0, 0.1) is 0 Å². The van der Waals surface area contributed by atoms with Crippen molar-refractivity contribution in [3.05, 3.63) is 32.3 Å². The van der Waals surface area contributed by atoms with Gasteiger partial charge in [0.05, 0.1) is 17.5 Å². The normalized spacial score (nSPS) is 10.7. The van der Waals surface area contributed by atoms with Crippen molar-refractivity contribution in [3.8, 4) is 5.75 Å². The molecule has 1 aromatic heterocycles. The molecule has 2 aromatic rings. The predicted molar refractivity (Wildman–Crippen MR) is 85.7 cm³/mol. The average Bonchev–Trinajstić information content (AvgIpc) is 2.42. The summed E-state index contributed by atoms with van der Waals surface area (Å²) in [6.07, 6.45) is 0.0365. The van der Waals surface area contributed by atoms with Gasteiger partial charge >= 0.3 is 5.97 Å². The third kappa shape index (κ3) is 4.04. The van der Waals surface area contributed by atoms with Crippen molar-refractivity contribution in [1.82, 2.24) is 10.6 Å². The van der Waals surface area contributed by atoms with E-state index in [0.29, 0.717) is 20.9 Å². The van der Waals surface area contributed by atoms with Gasteiger partial charge in [0.1, 0.15) is 10.7 Å². The van der Waals surface area contributed by atoms with Gasteiger partial charge in [-0.1, -0.05) is 33.1 Å². The van der Waals surface area contributed by atoms with Crippen molar-refractivity contribution in [2.45, 2.75) is 6.42 Å². The zero-order valence-corrected chi connectivity index (χ0v) is 14.5. The molecule has 0 unspecified atom stereocenters. The highest BCUT2D eigenvalue weighted by molar-refractivity contribution is 9.11. The molecule has 3 N–H and O–H groups in total. The van der Waals surface area contributed by atoms with Crippen LogP contribution < -0.4 is 16.2 Å². The molecular weight excluding hydrogens is 429 g/mol. The van der Waals surface area contributed by atoms with Crippen molar-refractivity contribution in [2.24, 2.45) is 5.84 Å². The van der Waals surface area contributed by atoms with Gasteiger partial charge in [-0.15, -0.1) is 0 Å². The maximum absolute atomic E-state index is 11.2. The molecule has 112 valence electrons. The zero-order chi connectivity index (χ0) is 15.4. The zero-order valence-electron chi connectivity index (χ0n) is 10.5. The second-order valence-electron chi connectivity index (χ2n) is 3.89. The molecule has 1 aromatic carbocycles. The summed E-state index contributed by atoms with van der Waals surface area (Å²) in [4.78, 5) is 19.8. The van der Waals surface area contributed by atoms with Crippen LogP contribution in [0.2, 0.25) is 5.15 Å². The number of benzene rings is 1. The molecule has 6 nitrogen and oxygen atoms in total. The lowest BCUT2D eigenvalue weighted by molar-refractivity contribution is -0.151. The first-order valence-electron chi connectivity index (χ1n) is 5.75. The fourth-order valence-corrected chi connectivity index (χ4v) is 3.19. The predicted octanol–water partition coefficient (Wildman–Crippen LogP) is 3.10. The van der Waals surface area contributed by atoms with E-state index in [4.69, 9.17) is 22.2 Å². The highest BCUT2D eigenvalue weighted by atomic mass is 79.9. The van der Waals surface area contributed by atoms with E-state index < -0.39 is 5.97 Å². The van der Waals surface area contributed by atoms with Crippen LogP contribution in [0.1, 0.15) is 6.42 Å². The van der Waals surface area contributed by atoms with Crippen molar-refractivity contribution in [1.29, 1.82) is 0 Å². The number of aromatic nitrogens is 1. The summed E-state index contributed by atoms with van der Waals surface area (Å²) < 4.78 is 7.17. The summed E-state index contributed by atoms with van der Waals surface area (Å²) in [5, 5.41) is 1.20. The molecule has 0 bridgehead atoms. The fraction of sp³-hybridized carbons (Fsp3) is 0.167. The molecule has 0 spiro atoms. The van der Waals surface area contributed by atoms with E-state index in [2.05, 4.69) is 41.7 Å². The highest BCUT2D eigenvalue weighted by Gasteiger charge is 2.14. The van der Waals surface area contributed by atoms with Gasteiger partial charge in [-0.3, -0.25) is 4.79 Å². The molecule has 2 rings (SSSR count). The molecule has 0 aliphatic rings. The maximum Gasteiger partial charge on any atom is 0.329 e. The summed E-state index contributed by atoms with van der Waals surface area (Å²) in [5.74, 6) is 4.85. The van der Waals surface area contributed by atoms with Crippen LogP contribution in [0.25, 0.3) is 10.9 Å². The summed E-state index contributed by atoms with van der Waals surface area (Å²) in [6.45, 7) is 0.115. The summed E-state index contributed by atoms with van der Waals surface area (Å²) in [5.41, 5.74) is 2.41. The minimum Gasteiger partial charge on any atom is -0.489 e. The van der Waals surface area contributed by atoms with Crippen molar-refractivity contribution >= 4 is 60.3 Å². The third-order valence-electron chi connectivity index (χ3n) is 2.53. The number of hydrogen-bond donors (Lipinski definition) is 2. The van der Waals surface area contributed by atoms with Gasteiger partial charge in [0.25, 0.3) is 0 Å². The number of hydrogen-bond acceptors (Lipinski definition) is 6. The number of pyridine rings is 1. The number of nitrogens with zero attached hydrogens (tertiary/aromatic N) is 1. The first-order chi connectivity index (χ1) is 10.0. The number of rotatable bonds is 5. The van der Waals surface area contributed by atoms with Crippen molar-refractivity contribution in [2.75, 3.05) is 6.61 Å². The van der Waals surface area contributed by atoms with Gasteiger partial charge in [-0.25, -0.2) is 10.8 Å². The molecule has 0 amide bonds. The van der Waals surface area contributed by atoms with Gasteiger partial charge < -0.3 is 9.57 Å². The third-order valence-corrected chi connectivity index (χ3v) is 3.98. The Balaban J connectivity index is 2.26. The largest absolute Gasteiger partial charge is 0.489 e. The second-order valence-corrected chi connectivity index (χ2v) is 5.99. The number of nitrogens with one attached hydrogen (secondary N) is 1. The van der Waals surface area contributed by atoms with Crippen LogP contribution in [-0.4, -0.2) is 17.6 Å². The molecular formula is C12H10Br2ClN3O3. The van der Waals surface area contributed by atoms with Crippen LogP contribution in [0.15, 0.2) is 27.1 Å². The number of carbonyl (C=O) groups is 1. The van der Waals surface area contributed by atoms with E-state index in [1.807, 2.05) is 17.7 Å². The molecule has 0 aliphatic heterocycles. The van der Waals surface area contributed by atoms with Crippen molar-refractivity contribution < 1.29 is 14.4 Å². The molecule has 21 heavy (non-hydrogen) atoms. The first kappa shape index (κ1) is 16.4. The number of nitrogens with two attached hydrogens (primary N) is 1. The molecule has 0 aliphatic carbocycles. The van der Waals surface area contributed by atoms with Gasteiger partial charge in [-0.2, -0.15) is 0 Å². The fourth-order valence-electron chi connectivity index (χ4n) is 1.66. The quantitative estimate of drug-likeness (QED) is 0.423. The lowest BCUT2D eigenvalue weighted by atomic mass is 10.2. The molecule has 1 heterocycles. The Bertz CT molecular complexity index is 684. The average molecular weight is 439 g/mol. The Kier molecular flexibility index (Phi) is 5.77. The Hall–Kier alpha value is -0.930. The van der Waals surface area contributed by atoms with Crippen molar-refractivity contribution in [3.63, 3.8) is 0 Å². The van der Waals surface area contributed by atoms with E-state index in [0.717, 1.165) is 9.86 Å². The maximum atomic E-state index is 11.2. The number of fused-ring (bicyclic) bond motifs is 1. The Labute approximate surface area is 142 Å². The Morgan fingerprint density at radius 3 is 2.86 bits per heavy atom. The lowest BCUT2D eigenvalue weighted by Gasteiger charge is -2.12. The second kappa shape index (κ2) is 7.37. The standard InChI is InChI=1S/C12H10Br2ClN3O3/c13-7-5-8(14)12(20-4-3-10(19)21-18-16)11-6(7)1-2-9(15)17-11/h1-2,5,18H,3-4,16H2. The molecule has 9 heteroatoms. The smallest absolute Gasteiger partial charge is 0.329 e. The van der Waals surface area contributed by atoms with E-state index in [-0.39, 0.29) is 13.0 Å². The molecule has 0 fully saturated rings. The van der Waals surface area contributed by atoms with Crippen LogP contribution in [-0.2, 0) is 9.63 Å². The number of halogens is 3. The summed E-state index contributed by atoms with van der Waals surface area (Å²) >= 11 is 12.8. The topological polar surface area (TPSA) is 86.5 Å². The van der Waals surface area contributed by atoms with E-state index in [9.17, 15) is 4.79 Å². The van der Waals surface area contributed by atoms with Crippen LogP contribution in [0.3, 0.4) is 0 Å². The molecule has 0 radical (unpaired) electrons. The minimum atomic E-state index is -0.527. The van der Waals surface area contributed by atoms with Gasteiger partial charge in [0.15, 0.2) is 5.75 Å². The SMILES string of the molecule is NNOC(=O)CCOc1c(Br)cc(Br)c2ccc(Cl)nc12. The summed E-state index contributed by atoms with van der Waals surface area (Å²) in [7, 11) is 0.